The SMILES string of the molecule is Cc1ccc(CCn2cnc3cc(NC(=N[C@H]4C[C@@H]5C[C@H]([C@@H]4C)C5(C)C)N4CC(=O)N[C@@H](C)C4)ccc3c2=O)c(F)c1. The number of carbonyl (C=O) groups excluding carboxylic acids is 1. The van der Waals surface area contributed by atoms with Gasteiger partial charge in [0.15, 0.2) is 5.96 Å². The maximum Gasteiger partial charge on any atom is 0.261 e. The van der Waals surface area contributed by atoms with E-state index in [0.717, 1.165) is 17.7 Å². The number of aromatic nitrogens is 2. The van der Waals surface area contributed by atoms with Crippen LogP contribution in [0.3, 0.4) is 0 Å². The number of nitrogens with one attached hydrogen (secondary N) is 2. The van der Waals surface area contributed by atoms with Crippen LogP contribution in [0.1, 0.15) is 51.7 Å². The number of hydrogen-bond acceptors (Lipinski definition) is 4. The van der Waals surface area contributed by atoms with Gasteiger partial charge < -0.3 is 15.5 Å². The lowest BCUT2D eigenvalue weighted by molar-refractivity contribution is -0.124. The number of fused-ring (bicyclic) bond motifs is 3. The number of aryl methyl sites for hydroxylation is 3. The maximum absolute atomic E-state index is 14.3. The highest BCUT2D eigenvalue weighted by Crippen LogP contribution is 2.61. The highest BCUT2D eigenvalue weighted by atomic mass is 19.1. The summed E-state index contributed by atoms with van der Waals surface area (Å²) in [6.45, 7) is 12.2. The van der Waals surface area contributed by atoms with E-state index in [9.17, 15) is 14.0 Å². The van der Waals surface area contributed by atoms with Gasteiger partial charge in [0.1, 0.15) is 5.82 Å². The summed E-state index contributed by atoms with van der Waals surface area (Å²) in [7, 11) is 0. The molecule has 9 heteroatoms. The van der Waals surface area contributed by atoms with E-state index in [1.165, 1.54) is 23.4 Å². The van der Waals surface area contributed by atoms with Crippen molar-refractivity contribution >= 4 is 28.5 Å². The average molecular weight is 573 g/mol. The molecule has 222 valence electrons. The van der Waals surface area contributed by atoms with Crippen LogP contribution in [0.15, 0.2) is 52.5 Å². The number of nitrogens with zero attached hydrogens (tertiary/aromatic N) is 4. The summed E-state index contributed by atoms with van der Waals surface area (Å²) in [5.74, 6) is 2.21. The number of anilines is 1. The zero-order chi connectivity index (χ0) is 29.8. The number of carbonyl (C=O) groups is 1. The summed E-state index contributed by atoms with van der Waals surface area (Å²) < 4.78 is 15.8. The summed E-state index contributed by atoms with van der Waals surface area (Å²) in [5.41, 5.74) is 2.98. The third-order valence-electron chi connectivity index (χ3n) is 10.0. The second-order valence-electron chi connectivity index (χ2n) is 13.3. The first-order chi connectivity index (χ1) is 20.0. The second kappa shape index (κ2) is 10.8. The molecule has 7 rings (SSSR count). The molecule has 1 amide bonds. The molecule has 2 heterocycles. The Morgan fingerprint density at radius 3 is 2.69 bits per heavy atom. The third-order valence-corrected chi connectivity index (χ3v) is 10.0. The molecule has 3 aromatic rings. The average Bonchev–Trinajstić information content (AvgIpc) is 2.93. The van der Waals surface area contributed by atoms with Crippen LogP contribution in [0.5, 0.6) is 0 Å². The first-order valence-electron chi connectivity index (χ1n) is 15.1. The molecule has 8 nitrogen and oxygen atoms in total. The Kier molecular flexibility index (Phi) is 7.31. The van der Waals surface area contributed by atoms with Gasteiger partial charge in [0, 0.05) is 24.8 Å². The van der Waals surface area contributed by atoms with Gasteiger partial charge in [-0.3, -0.25) is 14.2 Å². The third kappa shape index (κ3) is 5.29. The Morgan fingerprint density at radius 2 is 1.98 bits per heavy atom. The first kappa shape index (κ1) is 28.4. The highest BCUT2D eigenvalue weighted by Gasteiger charge is 2.56. The summed E-state index contributed by atoms with van der Waals surface area (Å²) in [6, 6.07) is 10.9. The number of amides is 1. The number of piperazine rings is 1. The molecule has 1 aliphatic heterocycles. The zero-order valence-corrected chi connectivity index (χ0v) is 25.2. The number of halogens is 1. The van der Waals surface area contributed by atoms with Gasteiger partial charge in [-0.2, -0.15) is 0 Å². The van der Waals surface area contributed by atoms with Crippen LogP contribution >= 0.6 is 0 Å². The van der Waals surface area contributed by atoms with Crippen molar-refractivity contribution in [2.24, 2.45) is 28.2 Å². The van der Waals surface area contributed by atoms with Crippen molar-refractivity contribution in [3.8, 4) is 0 Å². The molecule has 3 saturated carbocycles. The fourth-order valence-electron chi connectivity index (χ4n) is 7.36. The minimum atomic E-state index is -0.256. The topological polar surface area (TPSA) is 91.6 Å². The van der Waals surface area contributed by atoms with E-state index < -0.39 is 0 Å². The lowest BCUT2D eigenvalue weighted by Gasteiger charge is -2.61. The Bertz CT molecular complexity index is 1610. The molecular formula is C33H41FN6O2. The minimum absolute atomic E-state index is 0.0134. The summed E-state index contributed by atoms with van der Waals surface area (Å²) >= 11 is 0. The molecule has 2 N–H and O–H groups in total. The summed E-state index contributed by atoms with van der Waals surface area (Å²) in [5, 5.41) is 6.99. The van der Waals surface area contributed by atoms with Gasteiger partial charge in [0.05, 0.1) is 29.8 Å². The molecule has 2 bridgehead atoms. The van der Waals surface area contributed by atoms with Gasteiger partial charge in [-0.1, -0.05) is 32.9 Å². The summed E-state index contributed by atoms with van der Waals surface area (Å²) in [6.07, 6.45) is 4.26. The van der Waals surface area contributed by atoms with Crippen molar-refractivity contribution in [2.75, 3.05) is 18.4 Å². The molecule has 0 unspecified atom stereocenters. The van der Waals surface area contributed by atoms with Crippen molar-refractivity contribution in [3.63, 3.8) is 0 Å². The molecule has 5 atom stereocenters. The van der Waals surface area contributed by atoms with Crippen molar-refractivity contribution in [1.82, 2.24) is 19.8 Å². The molecule has 4 fully saturated rings. The predicted molar refractivity (Wildman–Crippen MR) is 164 cm³/mol. The van der Waals surface area contributed by atoms with Crippen LogP contribution < -0.4 is 16.2 Å². The Morgan fingerprint density at radius 1 is 1.17 bits per heavy atom. The van der Waals surface area contributed by atoms with E-state index in [0.29, 0.717) is 65.1 Å². The minimum Gasteiger partial charge on any atom is -0.350 e. The van der Waals surface area contributed by atoms with Gasteiger partial charge in [-0.25, -0.2) is 14.4 Å². The van der Waals surface area contributed by atoms with Crippen LogP contribution in [0, 0.1) is 35.9 Å². The molecule has 2 aromatic carbocycles. The van der Waals surface area contributed by atoms with Gasteiger partial charge in [-0.05, 0) is 91.7 Å². The summed E-state index contributed by atoms with van der Waals surface area (Å²) in [4.78, 5) is 37.6. The first-order valence-corrected chi connectivity index (χ1v) is 15.1. The largest absolute Gasteiger partial charge is 0.350 e. The lowest BCUT2D eigenvalue weighted by atomic mass is 9.45. The molecule has 1 saturated heterocycles. The van der Waals surface area contributed by atoms with Crippen LogP contribution in [0.2, 0.25) is 0 Å². The number of rotatable bonds is 5. The van der Waals surface area contributed by atoms with Crippen LogP contribution in [0.4, 0.5) is 10.1 Å². The number of hydrogen-bond donors (Lipinski definition) is 2. The lowest BCUT2D eigenvalue weighted by Crippen LogP contribution is -2.58. The molecule has 1 aromatic heterocycles. The molecule has 3 aliphatic carbocycles. The van der Waals surface area contributed by atoms with E-state index >= 15 is 0 Å². The zero-order valence-electron chi connectivity index (χ0n) is 25.2. The maximum atomic E-state index is 14.3. The van der Waals surface area contributed by atoms with E-state index in [1.807, 2.05) is 36.9 Å². The van der Waals surface area contributed by atoms with Gasteiger partial charge in [0.25, 0.3) is 5.56 Å². The predicted octanol–water partition coefficient (Wildman–Crippen LogP) is 4.75. The van der Waals surface area contributed by atoms with Gasteiger partial charge >= 0.3 is 0 Å². The molecule has 0 radical (unpaired) electrons. The molecule has 42 heavy (non-hydrogen) atoms. The Hall–Kier alpha value is -3.75. The fourth-order valence-corrected chi connectivity index (χ4v) is 7.36. The number of benzene rings is 2. The van der Waals surface area contributed by atoms with Gasteiger partial charge in [-0.15, -0.1) is 0 Å². The van der Waals surface area contributed by atoms with E-state index in [-0.39, 0.29) is 35.9 Å². The molecular weight excluding hydrogens is 531 g/mol. The highest BCUT2D eigenvalue weighted by molar-refractivity contribution is 5.98. The van der Waals surface area contributed by atoms with Crippen molar-refractivity contribution in [3.05, 3.63) is 70.0 Å². The number of aliphatic imine (C=N–C) groups is 1. The normalized spacial score (nSPS) is 27.0. The quantitative estimate of drug-likeness (QED) is 0.340. The van der Waals surface area contributed by atoms with E-state index in [2.05, 4.69) is 36.4 Å². The van der Waals surface area contributed by atoms with Crippen LogP contribution in [0.25, 0.3) is 10.9 Å². The van der Waals surface area contributed by atoms with Crippen molar-refractivity contribution < 1.29 is 9.18 Å². The van der Waals surface area contributed by atoms with Crippen molar-refractivity contribution in [1.29, 1.82) is 0 Å². The fraction of sp³-hybridized carbons (Fsp3) is 0.515. The van der Waals surface area contributed by atoms with Crippen LogP contribution in [-0.2, 0) is 17.8 Å². The monoisotopic (exact) mass is 572 g/mol. The van der Waals surface area contributed by atoms with Gasteiger partial charge in [0.2, 0.25) is 5.91 Å². The molecule has 0 spiro atoms. The second-order valence-corrected chi connectivity index (χ2v) is 13.3. The van der Waals surface area contributed by atoms with Crippen molar-refractivity contribution in [2.45, 2.75) is 72.5 Å². The standard InChI is InChI=1S/C33H41FN6O2/c1-19-6-7-22(27(34)12-19)10-11-39-18-35-29-15-24(8-9-25(29)31(39)42)37-32(40-16-20(2)36-30(41)17-40)38-28-14-23-13-26(21(28)3)33(23,4)5/h6-9,12,15,18,20-21,23,26,28H,10-11,13-14,16-17H2,1-5H3,(H,36,41)(H,37,38)/t20-,21-,23-,26+,28-/m0/s1. The van der Waals surface area contributed by atoms with E-state index in [1.54, 1.807) is 12.1 Å². The molecule has 4 aliphatic rings. The Balaban J connectivity index is 1.25. The Labute approximate surface area is 246 Å². The number of guanidine groups is 1. The van der Waals surface area contributed by atoms with Crippen LogP contribution in [-0.4, -0.2) is 51.5 Å². The smallest absolute Gasteiger partial charge is 0.261 e. The van der Waals surface area contributed by atoms with E-state index in [4.69, 9.17) is 4.99 Å².